The lowest BCUT2D eigenvalue weighted by atomic mass is 10.2. The molecule has 0 nitrogen and oxygen atoms in total. The van der Waals surface area contributed by atoms with E-state index in [1.807, 2.05) is 18.2 Å². The summed E-state index contributed by atoms with van der Waals surface area (Å²) in [6, 6.07) is 10.3. The minimum absolute atomic E-state index is 0.849. The van der Waals surface area contributed by atoms with Gasteiger partial charge in [0.05, 0.1) is 0 Å². The smallest absolute Gasteiger partial charge is 0.0340 e. The first-order valence-electron chi connectivity index (χ1n) is 4.04. The molecule has 1 heteroatoms. The summed E-state index contributed by atoms with van der Waals surface area (Å²) in [5.74, 6) is 7.01. The fourth-order valence-corrected chi connectivity index (χ4v) is 1.02. The van der Waals surface area contributed by atoms with Gasteiger partial charge in [-0.3, -0.25) is 0 Å². The minimum atomic E-state index is 0.849. The summed E-state index contributed by atoms with van der Waals surface area (Å²) in [5, 5.41) is 0. The zero-order valence-electron chi connectivity index (χ0n) is 6.96. The van der Waals surface area contributed by atoms with E-state index in [1.165, 1.54) is 5.56 Å². The van der Waals surface area contributed by atoms with Gasteiger partial charge in [-0.05, 0) is 5.56 Å². The summed E-state index contributed by atoms with van der Waals surface area (Å²) in [7, 11) is 0. The molecule has 0 spiro atoms. The quantitative estimate of drug-likeness (QED) is 0.519. The van der Waals surface area contributed by atoms with Gasteiger partial charge in [0.2, 0.25) is 0 Å². The van der Waals surface area contributed by atoms with Crippen LogP contribution in [0.5, 0.6) is 0 Å². The lowest BCUT2D eigenvalue weighted by molar-refractivity contribution is 1.27. The van der Waals surface area contributed by atoms with E-state index in [9.17, 15) is 0 Å². The molecule has 0 bridgehead atoms. The zero-order chi connectivity index (χ0) is 8.65. The fourth-order valence-electron chi connectivity index (χ4n) is 0.905. The highest BCUT2D eigenvalue weighted by molar-refractivity contribution is 7.80. The predicted molar refractivity (Wildman–Crippen MR) is 56.4 cm³/mol. The molecule has 0 unspecified atom stereocenters. The van der Waals surface area contributed by atoms with Gasteiger partial charge in [-0.25, -0.2) is 0 Å². The number of hydrogen-bond donors (Lipinski definition) is 1. The van der Waals surface area contributed by atoms with Crippen LogP contribution in [0.15, 0.2) is 30.3 Å². The maximum Gasteiger partial charge on any atom is 0.0340 e. The summed E-state index contributed by atoms with van der Waals surface area (Å²) in [6.07, 6.45) is 1.74. The van der Waals surface area contributed by atoms with E-state index in [1.54, 1.807) is 0 Å². The Morgan fingerprint density at radius 2 is 1.83 bits per heavy atom. The van der Waals surface area contributed by atoms with Crippen LogP contribution in [0.2, 0.25) is 0 Å². The molecular formula is C11H12S. The highest BCUT2D eigenvalue weighted by atomic mass is 32.1. The Labute approximate surface area is 79.4 Å². The Morgan fingerprint density at radius 1 is 1.08 bits per heavy atom. The third-order valence-electron chi connectivity index (χ3n) is 1.50. The molecule has 0 aliphatic rings. The molecule has 12 heavy (non-hydrogen) atoms. The van der Waals surface area contributed by atoms with Crippen molar-refractivity contribution in [3.05, 3.63) is 35.9 Å². The molecule has 1 rings (SSSR count). The van der Waals surface area contributed by atoms with Crippen LogP contribution < -0.4 is 0 Å². The molecule has 0 amide bonds. The zero-order valence-corrected chi connectivity index (χ0v) is 7.85. The third kappa shape index (κ3) is 3.50. The maximum atomic E-state index is 4.08. The Morgan fingerprint density at radius 3 is 2.50 bits per heavy atom. The molecule has 0 saturated heterocycles. The van der Waals surface area contributed by atoms with Crippen molar-refractivity contribution in [2.45, 2.75) is 12.8 Å². The van der Waals surface area contributed by atoms with Crippen LogP contribution in [0.3, 0.4) is 0 Å². The molecule has 0 aliphatic carbocycles. The van der Waals surface area contributed by atoms with E-state index in [0.29, 0.717) is 0 Å². The highest BCUT2D eigenvalue weighted by Crippen LogP contribution is 1.97. The summed E-state index contributed by atoms with van der Waals surface area (Å²) >= 11 is 4.08. The maximum absolute atomic E-state index is 4.08. The molecule has 0 heterocycles. The van der Waals surface area contributed by atoms with Crippen LogP contribution in [0.25, 0.3) is 0 Å². The lowest BCUT2D eigenvalue weighted by Gasteiger charge is -1.90. The topological polar surface area (TPSA) is 0 Å². The first-order valence-corrected chi connectivity index (χ1v) is 4.67. The first kappa shape index (κ1) is 9.22. The Balaban J connectivity index is 2.40. The van der Waals surface area contributed by atoms with Gasteiger partial charge in [-0.2, -0.15) is 12.6 Å². The number of rotatable bonds is 2. The molecule has 0 fully saturated rings. The standard InChI is InChI=1S/C11H12S/c12-10-6-2-5-9-11-7-3-1-4-8-11/h1,3-4,7-8,12H,6,9-10H2. The van der Waals surface area contributed by atoms with Crippen molar-refractivity contribution in [3.8, 4) is 11.8 Å². The second-order valence-corrected chi connectivity index (χ2v) is 2.94. The minimum Gasteiger partial charge on any atom is -0.178 e. The SMILES string of the molecule is SCCC#CCc1ccccc1. The van der Waals surface area contributed by atoms with Crippen molar-refractivity contribution in [2.24, 2.45) is 0 Å². The number of thiol groups is 1. The molecule has 1 aromatic carbocycles. The third-order valence-corrected chi connectivity index (χ3v) is 1.72. The van der Waals surface area contributed by atoms with E-state index < -0.39 is 0 Å². The van der Waals surface area contributed by atoms with Crippen molar-refractivity contribution < 1.29 is 0 Å². The summed E-state index contributed by atoms with van der Waals surface area (Å²) < 4.78 is 0. The van der Waals surface area contributed by atoms with Crippen LogP contribution >= 0.6 is 12.6 Å². The van der Waals surface area contributed by atoms with Crippen LogP contribution in [0.1, 0.15) is 12.0 Å². The van der Waals surface area contributed by atoms with Crippen molar-refractivity contribution in [2.75, 3.05) is 5.75 Å². The average Bonchev–Trinajstić information content (AvgIpc) is 2.14. The molecule has 62 valence electrons. The average molecular weight is 176 g/mol. The fraction of sp³-hybridized carbons (Fsp3) is 0.273. The van der Waals surface area contributed by atoms with Crippen LogP contribution in [-0.2, 0) is 6.42 Å². The van der Waals surface area contributed by atoms with Crippen molar-refractivity contribution in [3.63, 3.8) is 0 Å². The van der Waals surface area contributed by atoms with E-state index in [0.717, 1.165) is 18.6 Å². The van der Waals surface area contributed by atoms with Gasteiger partial charge in [-0.1, -0.05) is 36.3 Å². The molecule has 0 radical (unpaired) electrons. The number of benzene rings is 1. The van der Waals surface area contributed by atoms with Crippen LogP contribution in [0.4, 0.5) is 0 Å². The molecule has 1 aromatic rings. The van der Waals surface area contributed by atoms with Gasteiger partial charge in [-0.15, -0.1) is 5.92 Å². The normalized spacial score (nSPS) is 8.75. The second kappa shape index (κ2) is 5.74. The summed E-state index contributed by atoms with van der Waals surface area (Å²) in [4.78, 5) is 0. The van der Waals surface area contributed by atoms with Gasteiger partial charge in [0.1, 0.15) is 0 Å². The molecule has 0 saturated carbocycles. The monoisotopic (exact) mass is 176 g/mol. The van der Waals surface area contributed by atoms with E-state index >= 15 is 0 Å². The van der Waals surface area contributed by atoms with Crippen molar-refractivity contribution >= 4 is 12.6 Å². The highest BCUT2D eigenvalue weighted by Gasteiger charge is 1.84. The Kier molecular flexibility index (Phi) is 4.41. The summed E-state index contributed by atoms with van der Waals surface area (Å²) in [5.41, 5.74) is 1.28. The molecule has 0 atom stereocenters. The largest absolute Gasteiger partial charge is 0.178 e. The van der Waals surface area contributed by atoms with Crippen molar-refractivity contribution in [1.29, 1.82) is 0 Å². The van der Waals surface area contributed by atoms with Crippen LogP contribution in [0, 0.1) is 11.8 Å². The first-order chi connectivity index (χ1) is 5.93. The molecule has 0 aromatic heterocycles. The van der Waals surface area contributed by atoms with Gasteiger partial charge >= 0.3 is 0 Å². The Bertz CT molecular complexity index is 266. The molecule has 0 aliphatic heterocycles. The van der Waals surface area contributed by atoms with Gasteiger partial charge < -0.3 is 0 Å². The van der Waals surface area contributed by atoms with Gasteiger partial charge in [0.15, 0.2) is 0 Å². The van der Waals surface area contributed by atoms with E-state index in [2.05, 4.69) is 36.6 Å². The van der Waals surface area contributed by atoms with E-state index in [-0.39, 0.29) is 0 Å². The molecule has 0 N–H and O–H groups in total. The summed E-state index contributed by atoms with van der Waals surface area (Å²) in [6.45, 7) is 0. The Hall–Kier alpha value is -0.870. The van der Waals surface area contributed by atoms with E-state index in [4.69, 9.17) is 0 Å². The second-order valence-electron chi connectivity index (χ2n) is 2.49. The predicted octanol–water partition coefficient (Wildman–Crippen LogP) is 2.55. The van der Waals surface area contributed by atoms with Gasteiger partial charge in [0, 0.05) is 18.6 Å². The number of hydrogen-bond acceptors (Lipinski definition) is 1. The van der Waals surface area contributed by atoms with Crippen molar-refractivity contribution in [1.82, 2.24) is 0 Å². The van der Waals surface area contributed by atoms with Crippen LogP contribution in [-0.4, -0.2) is 5.75 Å². The van der Waals surface area contributed by atoms with Gasteiger partial charge in [0.25, 0.3) is 0 Å². The molecular weight excluding hydrogens is 164 g/mol. The lowest BCUT2D eigenvalue weighted by Crippen LogP contribution is -1.79.